The maximum atomic E-state index is 11.9. The molecule has 1 heterocycles. The zero-order chi connectivity index (χ0) is 14.7. The molecule has 0 aliphatic carbocycles. The first-order valence-electron chi connectivity index (χ1n) is 6.26. The second-order valence-electron chi connectivity index (χ2n) is 4.56. The van der Waals surface area contributed by atoms with Gasteiger partial charge in [-0.25, -0.2) is 0 Å². The van der Waals surface area contributed by atoms with E-state index in [0.29, 0.717) is 18.7 Å². The number of aryl methyl sites for hydroxylation is 2. The number of aromatic nitrogens is 2. The van der Waals surface area contributed by atoms with Crippen molar-refractivity contribution in [2.45, 2.75) is 26.8 Å². The number of amides is 1. The molecule has 5 nitrogen and oxygen atoms in total. The van der Waals surface area contributed by atoms with E-state index in [2.05, 4.69) is 26.3 Å². The number of phenolic OH excluding ortho intramolecular Hbond substituents is 1. The van der Waals surface area contributed by atoms with Gasteiger partial charge in [-0.1, -0.05) is 6.07 Å². The quantitative estimate of drug-likeness (QED) is 0.901. The fourth-order valence-corrected chi connectivity index (χ4v) is 2.19. The maximum absolute atomic E-state index is 11.9. The third-order valence-corrected chi connectivity index (χ3v) is 4.12. The molecule has 20 heavy (non-hydrogen) atoms. The van der Waals surface area contributed by atoms with Gasteiger partial charge in [-0.2, -0.15) is 5.10 Å². The Morgan fingerprint density at radius 3 is 2.80 bits per heavy atom. The van der Waals surface area contributed by atoms with Gasteiger partial charge in [0.25, 0.3) is 0 Å². The molecule has 0 saturated heterocycles. The smallest absolute Gasteiger partial charge is 0.226 e. The number of anilines is 1. The van der Waals surface area contributed by atoms with Gasteiger partial charge in [-0.15, -0.1) is 0 Å². The third kappa shape index (κ3) is 3.39. The largest absolute Gasteiger partial charge is 0.508 e. The Kier molecular flexibility index (Phi) is 4.44. The fourth-order valence-electron chi connectivity index (χ4n) is 1.91. The molecule has 0 fully saturated rings. The molecule has 1 aromatic heterocycles. The van der Waals surface area contributed by atoms with Crippen molar-refractivity contribution in [3.8, 4) is 5.75 Å². The Morgan fingerprint density at radius 2 is 2.20 bits per heavy atom. The van der Waals surface area contributed by atoms with E-state index in [9.17, 15) is 9.90 Å². The van der Waals surface area contributed by atoms with Gasteiger partial charge in [0.2, 0.25) is 5.91 Å². The number of carbonyl (C=O) groups is 1. The number of benzene rings is 1. The average Bonchev–Trinajstić information content (AvgIpc) is 2.64. The standard InChI is InChI=1S/C14H16BrN3O2/c1-9-14(15)10(2)18(17-9)7-6-13(20)16-11-4-3-5-12(19)8-11/h3-5,8,19H,6-7H2,1-2H3,(H,16,20). The Balaban J connectivity index is 1.94. The highest BCUT2D eigenvalue weighted by Crippen LogP contribution is 2.20. The van der Waals surface area contributed by atoms with Crippen LogP contribution in [0.4, 0.5) is 5.69 Å². The Hall–Kier alpha value is -1.82. The number of nitrogens with zero attached hydrogens (tertiary/aromatic N) is 2. The van der Waals surface area contributed by atoms with Crippen LogP contribution in [-0.2, 0) is 11.3 Å². The van der Waals surface area contributed by atoms with Crippen LogP contribution in [0.1, 0.15) is 17.8 Å². The first kappa shape index (κ1) is 14.6. The van der Waals surface area contributed by atoms with Crippen molar-refractivity contribution >= 4 is 27.5 Å². The van der Waals surface area contributed by atoms with Gasteiger partial charge in [0.15, 0.2) is 0 Å². The van der Waals surface area contributed by atoms with E-state index in [0.717, 1.165) is 15.9 Å². The van der Waals surface area contributed by atoms with Crippen molar-refractivity contribution in [1.82, 2.24) is 9.78 Å². The summed E-state index contributed by atoms with van der Waals surface area (Å²) < 4.78 is 2.78. The molecule has 0 radical (unpaired) electrons. The molecule has 2 N–H and O–H groups in total. The predicted octanol–water partition coefficient (Wildman–Crippen LogP) is 3.00. The van der Waals surface area contributed by atoms with Crippen molar-refractivity contribution in [2.24, 2.45) is 0 Å². The fraction of sp³-hybridized carbons (Fsp3) is 0.286. The molecule has 0 aliphatic heterocycles. The van der Waals surface area contributed by atoms with E-state index in [-0.39, 0.29) is 11.7 Å². The van der Waals surface area contributed by atoms with Crippen molar-refractivity contribution in [1.29, 1.82) is 0 Å². The molecular weight excluding hydrogens is 322 g/mol. The summed E-state index contributed by atoms with van der Waals surface area (Å²) >= 11 is 3.46. The summed E-state index contributed by atoms with van der Waals surface area (Å²) in [5, 5.41) is 16.4. The molecule has 2 rings (SSSR count). The molecule has 0 unspecified atom stereocenters. The molecule has 0 bridgehead atoms. The number of hydrogen-bond donors (Lipinski definition) is 2. The molecule has 0 atom stereocenters. The van der Waals surface area contributed by atoms with Gasteiger partial charge >= 0.3 is 0 Å². The first-order valence-corrected chi connectivity index (χ1v) is 7.05. The maximum Gasteiger partial charge on any atom is 0.226 e. The average molecular weight is 338 g/mol. The van der Waals surface area contributed by atoms with E-state index in [1.54, 1.807) is 18.2 Å². The highest BCUT2D eigenvalue weighted by molar-refractivity contribution is 9.10. The third-order valence-electron chi connectivity index (χ3n) is 2.97. The summed E-state index contributed by atoms with van der Waals surface area (Å²) in [7, 11) is 0. The van der Waals surface area contributed by atoms with Crippen LogP contribution in [0.5, 0.6) is 5.75 Å². The van der Waals surface area contributed by atoms with Gasteiger partial charge in [-0.05, 0) is 41.9 Å². The summed E-state index contributed by atoms with van der Waals surface area (Å²) in [6.07, 6.45) is 0.323. The normalized spacial score (nSPS) is 10.6. The van der Waals surface area contributed by atoms with E-state index < -0.39 is 0 Å². The van der Waals surface area contributed by atoms with Crippen LogP contribution in [0, 0.1) is 13.8 Å². The molecule has 1 aromatic carbocycles. The molecule has 0 spiro atoms. The minimum Gasteiger partial charge on any atom is -0.508 e. The number of aromatic hydroxyl groups is 1. The SMILES string of the molecule is Cc1nn(CCC(=O)Nc2cccc(O)c2)c(C)c1Br. The number of halogens is 1. The van der Waals surface area contributed by atoms with Crippen LogP contribution in [-0.4, -0.2) is 20.8 Å². The molecule has 106 valence electrons. The highest BCUT2D eigenvalue weighted by atomic mass is 79.9. The Labute approximate surface area is 125 Å². The molecule has 0 aliphatic rings. The number of phenols is 1. The lowest BCUT2D eigenvalue weighted by Gasteiger charge is -2.07. The molecule has 6 heteroatoms. The predicted molar refractivity (Wildman–Crippen MR) is 80.8 cm³/mol. The Bertz CT molecular complexity index is 637. The van der Waals surface area contributed by atoms with Gasteiger partial charge in [0, 0.05) is 23.9 Å². The van der Waals surface area contributed by atoms with E-state index in [4.69, 9.17) is 0 Å². The number of rotatable bonds is 4. The summed E-state index contributed by atoms with van der Waals surface area (Å²) in [6.45, 7) is 4.39. The van der Waals surface area contributed by atoms with Crippen LogP contribution in [0.2, 0.25) is 0 Å². The minimum atomic E-state index is -0.112. The monoisotopic (exact) mass is 337 g/mol. The van der Waals surface area contributed by atoms with Crippen LogP contribution in [0.3, 0.4) is 0 Å². The topological polar surface area (TPSA) is 67.2 Å². The lowest BCUT2D eigenvalue weighted by molar-refractivity contribution is -0.116. The van der Waals surface area contributed by atoms with Gasteiger partial charge in [0.05, 0.1) is 16.7 Å². The Morgan fingerprint density at radius 1 is 1.45 bits per heavy atom. The highest BCUT2D eigenvalue weighted by Gasteiger charge is 2.10. The lowest BCUT2D eigenvalue weighted by Crippen LogP contribution is -2.15. The van der Waals surface area contributed by atoms with Crippen molar-refractivity contribution < 1.29 is 9.90 Å². The zero-order valence-electron chi connectivity index (χ0n) is 11.4. The first-order chi connectivity index (χ1) is 9.47. The van der Waals surface area contributed by atoms with E-state index in [1.165, 1.54) is 6.07 Å². The summed E-state index contributed by atoms with van der Waals surface area (Å²) in [6, 6.07) is 6.49. The molecule has 2 aromatic rings. The zero-order valence-corrected chi connectivity index (χ0v) is 12.9. The molecular formula is C14H16BrN3O2. The van der Waals surface area contributed by atoms with Gasteiger partial charge < -0.3 is 10.4 Å². The van der Waals surface area contributed by atoms with Crippen molar-refractivity contribution in [2.75, 3.05) is 5.32 Å². The van der Waals surface area contributed by atoms with Crippen LogP contribution in [0.15, 0.2) is 28.7 Å². The van der Waals surface area contributed by atoms with Crippen LogP contribution >= 0.6 is 15.9 Å². The summed E-state index contributed by atoms with van der Waals surface area (Å²) in [4.78, 5) is 11.9. The second-order valence-corrected chi connectivity index (χ2v) is 5.35. The summed E-state index contributed by atoms with van der Waals surface area (Å²) in [5.41, 5.74) is 2.51. The molecule has 1 amide bonds. The molecule has 0 saturated carbocycles. The number of nitrogens with one attached hydrogen (secondary N) is 1. The number of carbonyl (C=O) groups excluding carboxylic acids is 1. The van der Waals surface area contributed by atoms with Crippen LogP contribution in [0.25, 0.3) is 0 Å². The lowest BCUT2D eigenvalue weighted by atomic mass is 10.3. The van der Waals surface area contributed by atoms with Gasteiger partial charge in [-0.3, -0.25) is 9.48 Å². The number of hydrogen-bond acceptors (Lipinski definition) is 3. The van der Waals surface area contributed by atoms with Gasteiger partial charge in [0.1, 0.15) is 5.75 Å². The van der Waals surface area contributed by atoms with E-state index in [1.807, 2.05) is 18.5 Å². The second kappa shape index (κ2) is 6.09. The van der Waals surface area contributed by atoms with Crippen molar-refractivity contribution in [3.05, 3.63) is 40.1 Å². The van der Waals surface area contributed by atoms with Crippen molar-refractivity contribution in [3.63, 3.8) is 0 Å². The summed E-state index contributed by atoms with van der Waals surface area (Å²) in [5.74, 6) is 0.0181. The van der Waals surface area contributed by atoms with Crippen LogP contribution < -0.4 is 5.32 Å². The van der Waals surface area contributed by atoms with E-state index >= 15 is 0 Å². The minimum absolute atomic E-state index is 0.112.